The van der Waals surface area contributed by atoms with Gasteiger partial charge in [0.15, 0.2) is 0 Å². The number of benzene rings is 2. The van der Waals surface area contributed by atoms with Crippen molar-refractivity contribution in [2.45, 2.75) is 18.8 Å². The van der Waals surface area contributed by atoms with Gasteiger partial charge in [-0.05, 0) is 35.1 Å². The summed E-state index contributed by atoms with van der Waals surface area (Å²) >= 11 is 0. The van der Waals surface area contributed by atoms with Crippen LogP contribution < -0.4 is 0 Å². The van der Waals surface area contributed by atoms with Gasteiger partial charge in [-0.25, -0.2) is 0 Å². The molecule has 1 fully saturated rings. The average Bonchev–Trinajstić information content (AvgIpc) is 3.15. The fourth-order valence-corrected chi connectivity index (χ4v) is 3.51. The van der Waals surface area contributed by atoms with Crippen molar-refractivity contribution in [2.24, 2.45) is 5.41 Å². The zero-order chi connectivity index (χ0) is 12.2. The van der Waals surface area contributed by atoms with E-state index in [1.807, 2.05) is 0 Å². The normalized spacial score (nSPS) is 19.4. The lowest BCUT2D eigenvalue weighted by Crippen LogP contribution is -2.17. The summed E-state index contributed by atoms with van der Waals surface area (Å²) in [4.78, 5) is 0. The van der Waals surface area contributed by atoms with Gasteiger partial charge in [0.1, 0.15) is 0 Å². The Balaban J connectivity index is 1.98. The first-order valence-electron chi connectivity index (χ1n) is 6.65. The van der Waals surface area contributed by atoms with E-state index in [2.05, 4.69) is 48.5 Å². The zero-order valence-electron chi connectivity index (χ0n) is 10.3. The van der Waals surface area contributed by atoms with Crippen molar-refractivity contribution >= 4 is 0 Å². The summed E-state index contributed by atoms with van der Waals surface area (Å²) in [6, 6.07) is 17.3. The molecule has 0 radical (unpaired) electrons. The van der Waals surface area contributed by atoms with Gasteiger partial charge in [-0.1, -0.05) is 48.5 Å². The number of fused-ring (bicyclic) bond motifs is 3. The van der Waals surface area contributed by atoms with Crippen LogP contribution in [0.5, 0.6) is 0 Å². The second-order valence-electron chi connectivity index (χ2n) is 5.63. The maximum absolute atomic E-state index is 9.77. The third kappa shape index (κ3) is 1.20. The van der Waals surface area contributed by atoms with Crippen LogP contribution >= 0.6 is 0 Å². The summed E-state index contributed by atoms with van der Waals surface area (Å²) in [5, 5.41) is 9.77. The molecule has 0 atom stereocenters. The molecule has 0 heterocycles. The summed E-state index contributed by atoms with van der Waals surface area (Å²) in [6.45, 7) is 0.306. The van der Waals surface area contributed by atoms with E-state index in [9.17, 15) is 5.11 Å². The molecule has 0 aliphatic heterocycles. The van der Waals surface area contributed by atoms with E-state index in [0.717, 1.165) is 12.8 Å². The predicted molar refractivity (Wildman–Crippen MR) is 72.5 cm³/mol. The lowest BCUT2D eigenvalue weighted by Gasteiger charge is -2.23. The Morgan fingerprint density at radius 3 is 1.83 bits per heavy atom. The lowest BCUT2D eigenvalue weighted by molar-refractivity contribution is 0.198. The number of hydrogen-bond acceptors (Lipinski definition) is 1. The molecule has 1 N–H and O–H groups in total. The first kappa shape index (κ1) is 10.3. The summed E-state index contributed by atoms with van der Waals surface area (Å²) in [7, 11) is 0. The van der Waals surface area contributed by atoms with Crippen LogP contribution in [-0.4, -0.2) is 11.7 Å². The van der Waals surface area contributed by atoms with Gasteiger partial charge in [0, 0.05) is 17.9 Å². The molecule has 2 aromatic rings. The fourth-order valence-electron chi connectivity index (χ4n) is 3.51. The summed E-state index contributed by atoms with van der Waals surface area (Å²) in [5.74, 6) is 0.398. The summed E-state index contributed by atoms with van der Waals surface area (Å²) in [6.07, 6.45) is 2.30. The second kappa shape index (κ2) is 3.46. The minimum absolute atomic E-state index is 0.114. The molecular weight excluding hydrogens is 220 g/mol. The molecule has 0 saturated heterocycles. The SMILES string of the molecule is OCC1(C2c3ccccc3-c3ccccc32)CC1. The number of hydrogen-bond donors (Lipinski definition) is 1. The van der Waals surface area contributed by atoms with Crippen molar-refractivity contribution in [3.05, 3.63) is 59.7 Å². The largest absolute Gasteiger partial charge is 0.396 e. The van der Waals surface area contributed by atoms with Gasteiger partial charge < -0.3 is 5.11 Å². The third-order valence-electron chi connectivity index (χ3n) is 4.65. The van der Waals surface area contributed by atoms with Gasteiger partial charge in [0.25, 0.3) is 0 Å². The van der Waals surface area contributed by atoms with Crippen molar-refractivity contribution in [3.8, 4) is 11.1 Å². The van der Waals surface area contributed by atoms with E-state index in [1.54, 1.807) is 0 Å². The molecule has 1 nitrogen and oxygen atoms in total. The molecule has 2 aliphatic rings. The van der Waals surface area contributed by atoms with Crippen LogP contribution in [0.4, 0.5) is 0 Å². The highest BCUT2D eigenvalue weighted by Gasteiger charge is 2.52. The Morgan fingerprint density at radius 1 is 0.889 bits per heavy atom. The highest BCUT2D eigenvalue weighted by molar-refractivity contribution is 5.79. The molecule has 90 valence electrons. The molecule has 0 amide bonds. The van der Waals surface area contributed by atoms with Crippen molar-refractivity contribution < 1.29 is 5.11 Å². The van der Waals surface area contributed by atoms with Crippen LogP contribution in [0.1, 0.15) is 29.9 Å². The molecule has 1 saturated carbocycles. The molecule has 4 rings (SSSR count). The third-order valence-corrected chi connectivity index (χ3v) is 4.65. The van der Waals surface area contributed by atoms with Gasteiger partial charge in [-0.2, -0.15) is 0 Å². The molecule has 0 bridgehead atoms. The number of rotatable bonds is 2. The topological polar surface area (TPSA) is 20.2 Å². The lowest BCUT2D eigenvalue weighted by atomic mass is 9.82. The van der Waals surface area contributed by atoms with Gasteiger partial charge in [0.2, 0.25) is 0 Å². The molecule has 2 aromatic carbocycles. The zero-order valence-corrected chi connectivity index (χ0v) is 10.3. The maximum Gasteiger partial charge on any atom is 0.0496 e. The van der Waals surface area contributed by atoms with E-state index in [0.29, 0.717) is 12.5 Å². The van der Waals surface area contributed by atoms with Gasteiger partial charge in [-0.3, -0.25) is 0 Å². The molecule has 0 aromatic heterocycles. The highest BCUT2D eigenvalue weighted by Crippen LogP contribution is 2.63. The molecule has 0 spiro atoms. The van der Waals surface area contributed by atoms with E-state index in [1.165, 1.54) is 22.3 Å². The van der Waals surface area contributed by atoms with Crippen LogP contribution in [0.25, 0.3) is 11.1 Å². The molecule has 2 aliphatic carbocycles. The average molecular weight is 236 g/mol. The number of aliphatic hydroxyl groups excluding tert-OH is 1. The quantitative estimate of drug-likeness (QED) is 0.845. The fraction of sp³-hybridized carbons (Fsp3) is 0.294. The van der Waals surface area contributed by atoms with Crippen molar-refractivity contribution in [1.29, 1.82) is 0 Å². The Morgan fingerprint density at radius 2 is 1.39 bits per heavy atom. The van der Waals surface area contributed by atoms with Crippen LogP contribution in [0.2, 0.25) is 0 Å². The van der Waals surface area contributed by atoms with Crippen LogP contribution in [-0.2, 0) is 0 Å². The monoisotopic (exact) mass is 236 g/mol. The van der Waals surface area contributed by atoms with Crippen LogP contribution in [0.15, 0.2) is 48.5 Å². The van der Waals surface area contributed by atoms with Gasteiger partial charge in [-0.15, -0.1) is 0 Å². The van der Waals surface area contributed by atoms with E-state index >= 15 is 0 Å². The van der Waals surface area contributed by atoms with Crippen molar-refractivity contribution in [1.82, 2.24) is 0 Å². The molecule has 18 heavy (non-hydrogen) atoms. The van der Waals surface area contributed by atoms with E-state index < -0.39 is 0 Å². The minimum Gasteiger partial charge on any atom is -0.396 e. The summed E-state index contributed by atoms with van der Waals surface area (Å²) in [5.41, 5.74) is 5.65. The second-order valence-corrected chi connectivity index (χ2v) is 5.63. The minimum atomic E-state index is 0.114. The predicted octanol–water partition coefficient (Wildman–Crippen LogP) is 3.57. The van der Waals surface area contributed by atoms with E-state index in [4.69, 9.17) is 0 Å². The maximum atomic E-state index is 9.77. The highest BCUT2D eigenvalue weighted by atomic mass is 16.3. The number of aliphatic hydroxyl groups is 1. The smallest absolute Gasteiger partial charge is 0.0496 e. The molecule has 0 unspecified atom stereocenters. The molecule has 1 heteroatoms. The Bertz CT molecular complexity index is 565. The first-order chi connectivity index (χ1) is 8.86. The van der Waals surface area contributed by atoms with Crippen molar-refractivity contribution in [2.75, 3.05) is 6.61 Å². The standard InChI is InChI=1S/C17H16O/c18-11-17(9-10-17)16-14-7-3-1-5-12(14)13-6-2-4-8-15(13)16/h1-8,16,18H,9-11H2. The Labute approximate surface area is 107 Å². The molecular formula is C17H16O. The van der Waals surface area contributed by atoms with Crippen molar-refractivity contribution in [3.63, 3.8) is 0 Å². The van der Waals surface area contributed by atoms with Gasteiger partial charge >= 0.3 is 0 Å². The summed E-state index contributed by atoms with van der Waals surface area (Å²) < 4.78 is 0. The van der Waals surface area contributed by atoms with E-state index in [-0.39, 0.29) is 5.41 Å². The van der Waals surface area contributed by atoms with Gasteiger partial charge in [0.05, 0.1) is 0 Å². The Kier molecular flexibility index (Phi) is 1.98. The first-order valence-corrected chi connectivity index (χ1v) is 6.65. The van der Waals surface area contributed by atoms with Crippen LogP contribution in [0.3, 0.4) is 0 Å². The van der Waals surface area contributed by atoms with Crippen LogP contribution in [0, 0.1) is 5.41 Å². The Hall–Kier alpha value is -1.60.